The van der Waals surface area contributed by atoms with Gasteiger partial charge in [-0.1, -0.05) is 23.7 Å². The molecule has 2 atom stereocenters. The van der Waals surface area contributed by atoms with E-state index >= 15 is 0 Å². The standard InChI is InChI=1S/C44H49ClN10O9/c1-43(2,3)63-40(60)36-22-27-21-30(14-16-32(27)55(36)42(62)64-44(4,5)6)47-37(57)35(20-26-9-12-29(13-10-26)48-41(61)51-17-7-8-31(56)24-51)53-19-18-52(38(58)39(53)59)34-23-28(45)11-15-33(34)54-25-46-49-50-54/h9-16,21-23,25,31,35,56H,7-8,17-20,24H2,1-6H3,(H,47,57)(H,48,61)/t31-,35?/m0/s1. The van der Waals surface area contributed by atoms with E-state index in [1.54, 1.807) is 101 Å². The second kappa shape index (κ2) is 18.1. The van der Waals surface area contributed by atoms with Crippen LogP contribution in [0.2, 0.25) is 5.02 Å². The van der Waals surface area contributed by atoms with E-state index in [1.165, 1.54) is 32.9 Å². The number of nitrogens with one attached hydrogen (secondary N) is 2. The number of anilines is 3. The molecule has 2 saturated heterocycles. The largest absolute Gasteiger partial charge is 0.455 e. The zero-order chi connectivity index (χ0) is 46.1. The highest BCUT2D eigenvalue weighted by Gasteiger charge is 2.41. The van der Waals surface area contributed by atoms with Crippen LogP contribution in [0.5, 0.6) is 0 Å². The van der Waals surface area contributed by atoms with Crippen LogP contribution < -0.4 is 15.5 Å². The zero-order valence-electron chi connectivity index (χ0n) is 36.2. The van der Waals surface area contributed by atoms with Crippen LogP contribution in [0.3, 0.4) is 0 Å². The van der Waals surface area contributed by atoms with Gasteiger partial charge in [0.05, 0.1) is 23.0 Å². The molecule has 0 bridgehead atoms. The van der Waals surface area contributed by atoms with Gasteiger partial charge in [-0.15, -0.1) is 5.10 Å². The first-order chi connectivity index (χ1) is 30.2. The average Bonchev–Trinajstić information content (AvgIpc) is 3.89. The third-order valence-corrected chi connectivity index (χ3v) is 10.6. The molecule has 4 heterocycles. The third-order valence-electron chi connectivity index (χ3n) is 10.3. The number of aromatic nitrogens is 5. The maximum Gasteiger partial charge on any atom is 0.419 e. The summed E-state index contributed by atoms with van der Waals surface area (Å²) in [7, 11) is 0. The molecule has 64 heavy (non-hydrogen) atoms. The minimum absolute atomic E-state index is 0.0163. The van der Waals surface area contributed by atoms with Crippen molar-refractivity contribution in [2.75, 3.05) is 41.7 Å². The molecular formula is C44H49ClN10O9. The summed E-state index contributed by atoms with van der Waals surface area (Å²) < 4.78 is 13.7. The number of piperidine rings is 1. The van der Waals surface area contributed by atoms with Crippen molar-refractivity contribution < 1.29 is 43.3 Å². The normalized spacial score (nSPS) is 16.4. The number of benzene rings is 3. The number of fused-ring (bicyclic) bond motifs is 1. The Hall–Kier alpha value is -6.86. The molecule has 0 aliphatic carbocycles. The lowest BCUT2D eigenvalue weighted by Gasteiger charge is -2.38. The van der Waals surface area contributed by atoms with Gasteiger partial charge in [-0.2, -0.15) is 4.68 Å². The number of nitrogens with zero attached hydrogens (tertiary/aromatic N) is 8. The highest BCUT2D eigenvalue weighted by atomic mass is 35.5. The van der Waals surface area contributed by atoms with Crippen molar-refractivity contribution >= 4 is 75.4 Å². The number of tetrazole rings is 1. The van der Waals surface area contributed by atoms with E-state index in [2.05, 4.69) is 26.2 Å². The molecule has 336 valence electrons. The second-order valence-electron chi connectivity index (χ2n) is 17.5. The molecule has 20 heteroatoms. The summed E-state index contributed by atoms with van der Waals surface area (Å²) in [6.07, 6.45) is 1.23. The quantitative estimate of drug-likeness (QED) is 0.125. The van der Waals surface area contributed by atoms with Gasteiger partial charge in [-0.25, -0.2) is 19.0 Å². The van der Waals surface area contributed by atoms with Gasteiger partial charge >= 0.3 is 29.9 Å². The van der Waals surface area contributed by atoms with E-state index in [4.69, 9.17) is 21.1 Å². The molecule has 5 aromatic rings. The molecule has 2 aromatic heterocycles. The number of aliphatic hydroxyl groups excluding tert-OH is 1. The molecule has 0 spiro atoms. The molecule has 0 radical (unpaired) electrons. The van der Waals surface area contributed by atoms with Crippen LogP contribution in [0.15, 0.2) is 73.1 Å². The van der Waals surface area contributed by atoms with E-state index in [9.17, 15) is 33.9 Å². The Balaban J connectivity index is 1.18. The van der Waals surface area contributed by atoms with Crippen LogP contribution in [0.1, 0.15) is 70.4 Å². The topological polar surface area (TPSA) is 223 Å². The van der Waals surface area contributed by atoms with E-state index < -0.39 is 53.1 Å². The number of likely N-dealkylation sites (tertiary alicyclic amines) is 1. The van der Waals surface area contributed by atoms with Crippen LogP contribution in [0.25, 0.3) is 16.6 Å². The Morgan fingerprint density at radius 2 is 1.56 bits per heavy atom. The maximum absolute atomic E-state index is 14.5. The van der Waals surface area contributed by atoms with Crippen LogP contribution in [-0.4, -0.2) is 125 Å². The lowest BCUT2D eigenvalue weighted by atomic mass is 10.0. The first-order valence-electron chi connectivity index (χ1n) is 20.7. The lowest BCUT2D eigenvalue weighted by Crippen LogP contribution is -2.60. The first-order valence-corrected chi connectivity index (χ1v) is 21.0. The molecule has 2 aliphatic heterocycles. The predicted molar refractivity (Wildman–Crippen MR) is 235 cm³/mol. The average molecular weight is 897 g/mol. The number of carbonyl (C=O) groups is 6. The van der Waals surface area contributed by atoms with Gasteiger partial charge < -0.3 is 39.9 Å². The monoisotopic (exact) mass is 896 g/mol. The number of hydrogen-bond acceptors (Lipinski definition) is 12. The van der Waals surface area contributed by atoms with E-state index in [1.807, 2.05) is 0 Å². The highest BCUT2D eigenvalue weighted by molar-refractivity contribution is 6.41. The number of piperazine rings is 1. The number of esters is 1. The lowest BCUT2D eigenvalue weighted by molar-refractivity contribution is -0.149. The van der Waals surface area contributed by atoms with Gasteiger partial charge in [0.15, 0.2) is 0 Å². The first kappa shape index (κ1) is 45.2. The van der Waals surface area contributed by atoms with Gasteiger partial charge in [-0.05, 0) is 125 Å². The fourth-order valence-electron chi connectivity index (χ4n) is 7.49. The van der Waals surface area contributed by atoms with E-state index in [-0.39, 0.29) is 49.2 Å². The Labute approximate surface area is 373 Å². The van der Waals surface area contributed by atoms with Crippen LogP contribution in [0.4, 0.5) is 26.7 Å². The fraction of sp³-hybridized carbons (Fsp3) is 0.386. The molecule has 2 aliphatic rings. The summed E-state index contributed by atoms with van der Waals surface area (Å²) in [5.74, 6) is -3.26. The second-order valence-corrected chi connectivity index (χ2v) is 18.0. The van der Waals surface area contributed by atoms with Gasteiger partial charge in [-0.3, -0.25) is 14.4 Å². The van der Waals surface area contributed by atoms with Crippen molar-refractivity contribution in [3.63, 3.8) is 0 Å². The molecule has 3 N–H and O–H groups in total. The van der Waals surface area contributed by atoms with Crippen LogP contribution >= 0.6 is 11.6 Å². The number of aliphatic hydroxyl groups is 1. The van der Waals surface area contributed by atoms with Gasteiger partial charge in [0, 0.05) is 54.4 Å². The highest BCUT2D eigenvalue weighted by Crippen LogP contribution is 2.31. The van der Waals surface area contributed by atoms with Crippen molar-refractivity contribution in [3.8, 4) is 5.69 Å². The summed E-state index contributed by atoms with van der Waals surface area (Å²) in [6.45, 7) is 10.9. The molecule has 7 rings (SSSR count). The van der Waals surface area contributed by atoms with E-state index in [0.717, 1.165) is 4.57 Å². The summed E-state index contributed by atoms with van der Waals surface area (Å²) in [4.78, 5) is 86.6. The van der Waals surface area contributed by atoms with Crippen LogP contribution in [-0.2, 0) is 30.3 Å². The van der Waals surface area contributed by atoms with Crippen molar-refractivity contribution in [3.05, 3.63) is 89.3 Å². The van der Waals surface area contributed by atoms with Crippen molar-refractivity contribution in [1.29, 1.82) is 0 Å². The van der Waals surface area contributed by atoms with Gasteiger partial charge in [0.2, 0.25) is 5.91 Å². The Kier molecular flexibility index (Phi) is 12.8. The molecule has 1 unspecified atom stereocenters. The number of halogens is 1. The minimum atomic E-state index is -1.23. The smallest absolute Gasteiger partial charge is 0.419 e. The molecule has 2 fully saturated rings. The number of amides is 5. The summed E-state index contributed by atoms with van der Waals surface area (Å²) in [5.41, 5.74) is 0.503. The molecule has 5 amide bonds. The van der Waals surface area contributed by atoms with Gasteiger partial charge in [0.25, 0.3) is 0 Å². The fourth-order valence-corrected chi connectivity index (χ4v) is 7.66. The zero-order valence-corrected chi connectivity index (χ0v) is 37.0. The number of β-amino-alcohol motifs (C(OH)–C–C–N with tert-alkyl or cyclic N) is 1. The Morgan fingerprint density at radius 1 is 0.844 bits per heavy atom. The molecule has 0 saturated carbocycles. The minimum Gasteiger partial charge on any atom is -0.455 e. The van der Waals surface area contributed by atoms with E-state index in [0.29, 0.717) is 52.3 Å². The number of urea groups is 1. The SMILES string of the molecule is CC(C)(C)OC(=O)c1cc2cc(NC(=O)C(Cc3ccc(NC(=O)N4CCC[C@H](O)C4)cc3)N3CCN(c4cc(Cl)ccc4-n4cnnn4)C(=O)C3=O)ccc2n1C(=O)OC(C)(C)C. The molecular weight excluding hydrogens is 848 g/mol. The number of rotatable bonds is 9. The van der Waals surface area contributed by atoms with Gasteiger partial charge in [0.1, 0.15) is 29.3 Å². The summed E-state index contributed by atoms with van der Waals surface area (Å²) in [5, 5.41) is 27.8. The Bertz CT molecular complexity index is 2600. The maximum atomic E-state index is 14.5. The summed E-state index contributed by atoms with van der Waals surface area (Å²) in [6, 6.07) is 16.0. The van der Waals surface area contributed by atoms with Crippen LogP contribution in [0, 0.1) is 0 Å². The van der Waals surface area contributed by atoms with Crippen molar-refractivity contribution in [2.45, 2.75) is 84.2 Å². The van der Waals surface area contributed by atoms with Crippen molar-refractivity contribution in [2.24, 2.45) is 0 Å². The number of hydrogen-bond donors (Lipinski definition) is 3. The summed E-state index contributed by atoms with van der Waals surface area (Å²) >= 11 is 6.35. The molecule has 3 aromatic carbocycles. The van der Waals surface area contributed by atoms with Crippen molar-refractivity contribution in [1.82, 2.24) is 34.6 Å². The Morgan fingerprint density at radius 3 is 2.23 bits per heavy atom. The predicted octanol–water partition coefficient (Wildman–Crippen LogP) is 5.42. The number of ether oxygens (including phenoxy) is 2. The number of carbonyl (C=O) groups excluding carboxylic acids is 6. The third kappa shape index (κ3) is 10.3. The molecule has 19 nitrogen and oxygen atoms in total.